The van der Waals surface area contributed by atoms with Crippen molar-refractivity contribution in [2.24, 2.45) is 0 Å². The molecule has 0 bridgehead atoms. The van der Waals surface area contributed by atoms with Crippen LogP contribution in [0.15, 0.2) is 0 Å². The van der Waals surface area contributed by atoms with Crippen molar-refractivity contribution in [3.63, 3.8) is 0 Å². The summed E-state index contributed by atoms with van der Waals surface area (Å²) in [4.78, 5) is 2.24. The summed E-state index contributed by atoms with van der Waals surface area (Å²) in [6.45, 7) is 3.96. The highest BCUT2D eigenvalue weighted by molar-refractivity contribution is 4.50. The zero-order chi connectivity index (χ0) is 7.82. The standard InChI is InChI=1S/C7H18N2O/c1-8-4-5-9(2)6-7-10-3/h8H,4-7H2,1-3H3. The maximum absolute atomic E-state index is 4.93. The molecule has 0 aliphatic carbocycles. The van der Waals surface area contributed by atoms with Gasteiger partial charge in [-0.3, -0.25) is 0 Å². The maximum atomic E-state index is 4.93. The van der Waals surface area contributed by atoms with Gasteiger partial charge in [-0.15, -0.1) is 0 Å². The zero-order valence-corrected chi connectivity index (χ0v) is 7.18. The molecule has 62 valence electrons. The van der Waals surface area contributed by atoms with E-state index in [-0.39, 0.29) is 0 Å². The lowest BCUT2D eigenvalue weighted by molar-refractivity contribution is 0.162. The first-order valence-corrected chi connectivity index (χ1v) is 3.63. The molecule has 0 saturated heterocycles. The first kappa shape index (κ1) is 9.88. The molecule has 0 amide bonds. The highest BCUT2D eigenvalue weighted by Crippen LogP contribution is 1.79. The van der Waals surface area contributed by atoms with Gasteiger partial charge >= 0.3 is 0 Å². The van der Waals surface area contributed by atoms with E-state index in [9.17, 15) is 0 Å². The molecular weight excluding hydrogens is 128 g/mol. The number of methoxy groups -OCH3 is 1. The van der Waals surface area contributed by atoms with E-state index < -0.39 is 0 Å². The van der Waals surface area contributed by atoms with E-state index in [1.807, 2.05) is 7.05 Å². The minimum Gasteiger partial charge on any atom is -0.383 e. The average molecular weight is 146 g/mol. The molecule has 0 aliphatic heterocycles. The monoisotopic (exact) mass is 146 g/mol. The van der Waals surface area contributed by atoms with Gasteiger partial charge in [0.25, 0.3) is 0 Å². The van der Waals surface area contributed by atoms with Gasteiger partial charge in [0, 0.05) is 26.7 Å². The Kier molecular flexibility index (Phi) is 6.91. The molecule has 0 aromatic rings. The van der Waals surface area contributed by atoms with Gasteiger partial charge in [0.15, 0.2) is 0 Å². The van der Waals surface area contributed by atoms with Gasteiger partial charge in [0.2, 0.25) is 0 Å². The second kappa shape index (κ2) is 6.99. The molecule has 0 saturated carbocycles. The topological polar surface area (TPSA) is 24.5 Å². The predicted molar refractivity (Wildman–Crippen MR) is 43.3 cm³/mol. The number of hydrogen-bond acceptors (Lipinski definition) is 3. The van der Waals surface area contributed by atoms with Gasteiger partial charge in [0.1, 0.15) is 0 Å². The Labute approximate surface area is 63.4 Å². The fourth-order valence-electron chi connectivity index (χ4n) is 0.662. The smallest absolute Gasteiger partial charge is 0.0589 e. The van der Waals surface area contributed by atoms with Crippen molar-refractivity contribution in [3.8, 4) is 0 Å². The highest BCUT2D eigenvalue weighted by Gasteiger charge is 1.94. The van der Waals surface area contributed by atoms with Crippen LogP contribution in [0.5, 0.6) is 0 Å². The molecule has 0 fully saturated rings. The summed E-state index contributed by atoms with van der Waals surface area (Å²) in [5.41, 5.74) is 0. The fraction of sp³-hybridized carbons (Fsp3) is 1.00. The van der Waals surface area contributed by atoms with E-state index in [4.69, 9.17) is 4.74 Å². The van der Waals surface area contributed by atoms with Crippen LogP contribution in [0.4, 0.5) is 0 Å². The van der Waals surface area contributed by atoms with Crippen molar-refractivity contribution in [2.45, 2.75) is 0 Å². The van der Waals surface area contributed by atoms with Crippen LogP contribution >= 0.6 is 0 Å². The fourth-order valence-corrected chi connectivity index (χ4v) is 0.662. The van der Waals surface area contributed by atoms with Gasteiger partial charge < -0.3 is 15.0 Å². The molecule has 0 aliphatic rings. The van der Waals surface area contributed by atoms with E-state index in [2.05, 4.69) is 17.3 Å². The van der Waals surface area contributed by atoms with E-state index in [1.54, 1.807) is 7.11 Å². The third-order valence-corrected chi connectivity index (χ3v) is 1.42. The Hall–Kier alpha value is -0.120. The number of hydrogen-bond donors (Lipinski definition) is 1. The molecule has 0 spiro atoms. The molecule has 0 aromatic heterocycles. The lowest BCUT2D eigenvalue weighted by atomic mass is 10.5. The van der Waals surface area contributed by atoms with Crippen LogP contribution in [0.2, 0.25) is 0 Å². The molecule has 0 radical (unpaired) electrons. The number of nitrogens with one attached hydrogen (secondary N) is 1. The Bertz CT molecular complexity index is 60.6. The molecule has 3 nitrogen and oxygen atoms in total. The number of ether oxygens (including phenoxy) is 1. The normalized spacial score (nSPS) is 10.8. The van der Waals surface area contributed by atoms with Gasteiger partial charge in [-0.05, 0) is 14.1 Å². The van der Waals surface area contributed by atoms with Crippen LogP contribution < -0.4 is 5.32 Å². The summed E-state index contributed by atoms with van der Waals surface area (Å²) in [5.74, 6) is 0. The predicted octanol–water partition coefficient (Wildman–Crippen LogP) is -0.216. The number of nitrogens with zero attached hydrogens (tertiary/aromatic N) is 1. The van der Waals surface area contributed by atoms with Crippen molar-refractivity contribution in [1.29, 1.82) is 0 Å². The molecule has 1 N–H and O–H groups in total. The van der Waals surface area contributed by atoms with Crippen molar-refractivity contribution in [2.75, 3.05) is 47.4 Å². The quantitative estimate of drug-likeness (QED) is 0.561. The average Bonchev–Trinajstić information content (AvgIpc) is 1.97. The molecule has 3 heteroatoms. The van der Waals surface area contributed by atoms with E-state index >= 15 is 0 Å². The van der Waals surface area contributed by atoms with Crippen LogP contribution in [0.25, 0.3) is 0 Å². The Morgan fingerprint density at radius 2 is 2.10 bits per heavy atom. The van der Waals surface area contributed by atoms with Crippen molar-refractivity contribution < 1.29 is 4.74 Å². The lowest BCUT2D eigenvalue weighted by Crippen LogP contribution is -2.29. The minimum atomic E-state index is 0.820. The van der Waals surface area contributed by atoms with E-state index in [1.165, 1.54) is 0 Å². The lowest BCUT2D eigenvalue weighted by Gasteiger charge is -2.14. The summed E-state index contributed by atoms with van der Waals surface area (Å²) < 4.78 is 4.93. The molecule has 0 unspecified atom stereocenters. The first-order chi connectivity index (χ1) is 4.81. The number of likely N-dealkylation sites (N-methyl/N-ethyl adjacent to an activating group) is 2. The molecule has 0 heterocycles. The Balaban J connectivity index is 3.00. The molecule has 0 rings (SSSR count). The van der Waals surface area contributed by atoms with E-state index in [0.29, 0.717) is 0 Å². The van der Waals surface area contributed by atoms with Crippen LogP contribution in [-0.2, 0) is 4.74 Å². The number of rotatable bonds is 6. The molecule has 0 atom stereocenters. The molecule has 10 heavy (non-hydrogen) atoms. The SMILES string of the molecule is CNCCN(C)CCOC. The first-order valence-electron chi connectivity index (χ1n) is 3.63. The summed E-state index contributed by atoms with van der Waals surface area (Å²) >= 11 is 0. The van der Waals surface area contributed by atoms with E-state index in [0.717, 1.165) is 26.2 Å². The van der Waals surface area contributed by atoms with Crippen LogP contribution in [-0.4, -0.2) is 52.3 Å². The zero-order valence-electron chi connectivity index (χ0n) is 7.18. The van der Waals surface area contributed by atoms with Crippen LogP contribution in [0, 0.1) is 0 Å². The largest absolute Gasteiger partial charge is 0.383 e. The van der Waals surface area contributed by atoms with Crippen molar-refractivity contribution >= 4 is 0 Å². The van der Waals surface area contributed by atoms with Crippen LogP contribution in [0.1, 0.15) is 0 Å². The Morgan fingerprint density at radius 3 is 2.60 bits per heavy atom. The van der Waals surface area contributed by atoms with Gasteiger partial charge in [-0.2, -0.15) is 0 Å². The Morgan fingerprint density at radius 1 is 1.40 bits per heavy atom. The summed E-state index contributed by atoms with van der Waals surface area (Å²) in [6, 6.07) is 0. The minimum absolute atomic E-state index is 0.820. The van der Waals surface area contributed by atoms with Crippen molar-refractivity contribution in [3.05, 3.63) is 0 Å². The second-order valence-electron chi connectivity index (χ2n) is 2.40. The molecule has 0 aromatic carbocycles. The van der Waals surface area contributed by atoms with Gasteiger partial charge in [-0.1, -0.05) is 0 Å². The van der Waals surface area contributed by atoms with Crippen LogP contribution in [0.3, 0.4) is 0 Å². The second-order valence-corrected chi connectivity index (χ2v) is 2.40. The van der Waals surface area contributed by atoms with Gasteiger partial charge in [-0.25, -0.2) is 0 Å². The highest BCUT2D eigenvalue weighted by atomic mass is 16.5. The third kappa shape index (κ3) is 6.01. The summed E-state index contributed by atoms with van der Waals surface area (Å²) in [7, 11) is 5.78. The molecular formula is C7H18N2O. The van der Waals surface area contributed by atoms with Gasteiger partial charge in [0.05, 0.1) is 6.61 Å². The summed E-state index contributed by atoms with van der Waals surface area (Å²) in [5, 5.41) is 3.09. The summed E-state index contributed by atoms with van der Waals surface area (Å²) in [6.07, 6.45) is 0. The van der Waals surface area contributed by atoms with Crippen molar-refractivity contribution in [1.82, 2.24) is 10.2 Å². The maximum Gasteiger partial charge on any atom is 0.0589 e. The third-order valence-electron chi connectivity index (χ3n) is 1.42.